The molecule has 20 heavy (non-hydrogen) atoms. The third-order valence-corrected chi connectivity index (χ3v) is 6.01. The van der Waals surface area contributed by atoms with Gasteiger partial charge in [-0.1, -0.05) is 31.9 Å². The van der Waals surface area contributed by atoms with Crippen LogP contribution in [-0.2, 0) is 9.84 Å². The standard InChI is InChI=1S/C15H24N2O2S/c1-3-20(18,19)15-11-7-6-10-14(15)17(2)13-9-5-4-8-12(13)16/h6-7,10-13H,3-5,8-9,16H2,1-2H3. The van der Waals surface area contributed by atoms with Crippen molar-refractivity contribution in [1.29, 1.82) is 0 Å². The quantitative estimate of drug-likeness (QED) is 0.925. The van der Waals surface area contributed by atoms with Crippen molar-refractivity contribution >= 4 is 15.5 Å². The highest BCUT2D eigenvalue weighted by Gasteiger charge is 2.28. The van der Waals surface area contributed by atoms with Crippen LogP contribution in [0.4, 0.5) is 5.69 Å². The van der Waals surface area contributed by atoms with Crippen LogP contribution in [-0.4, -0.2) is 33.3 Å². The fraction of sp³-hybridized carbons (Fsp3) is 0.600. The van der Waals surface area contributed by atoms with E-state index < -0.39 is 9.84 Å². The molecule has 2 unspecified atom stereocenters. The fourth-order valence-corrected chi connectivity index (χ4v) is 4.09. The third-order valence-electron chi connectivity index (χ3n) is 4.24. The van der Waals surface area contributed by atoms with Gasteiger partial charge < -0.3 is 10.6 Å². The lowest BCUT2D eigenvalue weighted by molar-refractivity contribution is 0.373. The Morgan fingerprint density at radius 1 is 1.25 bits per heavy atom. The Hall–Kier alpha value is -1.07. The molecule has 2 N–H and O–H groups in total. The van der Waals surface area contributed by atoms with Gasteiger partial charge in [0.1, 0.15) is 0 Å². The summed E-state index contributed by atoms with van der Waals surface area (Å²) in [6, 6.07) is 7.57. The van der Waals surface area contributed by atoms with Gasteiger partial charge in [-0.15, -0.1) is 0 Å². The summed E-state index contributed by atoms with van der Waals surface area (Å²) >= 11 is 0. The largest absolute Gasteiger partial charge is 0.369 e. The SMILES string of the molecule is CCS(=O)(=O)c1ccccc1N(C)C1CCCCC1N. The molecule has 0 bridgehead atoms. The minimum atomic E-state index is -3.21. The number of hydrogen-bond donors (Lipinski definition) is 1. The van der Waals surface area contributed by atoms with E-state index in [1.807, 2.05) is 19.2 Å². The number of sulfone groups is 1. The summed E-state index contributed by atoms with van der Waals surface area (Å²) in [6.45, 7) is 1.68. The molecule has 2 rings (SSSR count). The molecule has 1 saturated carbocycles. The van der Waals surface area contributed by atoms with E-state index in [9.17, 15) is 8.42 Å². The van der Waals surface area contributed by atoms with E-state index >= 15 is 0 Å². The normalized spacial score (nSPS) is 23.6. The van der Waals surface area contributed by atoms with Crippen LogP contribution in [0.5, 0.6) is 0 Å². The van der Waals surface area contributed by atoms with Crippen molar-refractivity contribution in [2.45, 2.75) is 49.6 Å². The number of likely N-dealkylation sites (N-methyl/N-ethyl adjacent to an activating group) is 1. The summed E-state index contributed by atoms with van der Waals surface area (Å²) in [5.41, 5.74) is 6.99. The highest BCUT2D eigenvalue weighted by atomic mass is 32.2. The van der Waals surface area contributed by atoms with Crippen molar-refractivity contribution in [2.24, 2.45) is 5.73 Å². The molecule has 0 saturated heterocycles. The Bertz CT molecular complexity index is 557. The monoisotopic (exact) mass is 296 g/mol. The van der Waals surface area contributed by atoms with Crippen molar-refractivity contribution in [3.63, 3.8) is 0 Å². The number of rotatable bonds is 4. The van der Waals surface area contributed by atoms with Crippen LogP contribution in [0.2, 0.25) is 0 Å². The molecular formula is C15H24N2O2S. The van der Waals surface area contributed by atoms with Gasteiger partial charge in [0.25, 0.3) is 0 Å². The first kappa shape index (κ1) is 15.3. The van der Waals surface area contributed by atoms with Crippen molar-refractivity contribution in [2.75, 3.05) is 17.7 Å². The molecule has 1 aromatic rings. The minimum absolute atomic E-state index is 0.117. The minimum Gasteiger partial charge on any atom is -0.369 e. The van der Waals surface area contributed by atoms with Crippen molar-refractivity contribution < 1.29 is 8.42 Å². The van der Waals surface area contributed by atoms with Gasteiger partial charge in [0.2, 0.25) is 0 Å². The number of benzene rings is 1. The van der Waals surface area contributed by atoms with E-state index in [0.29, 0.717) is 4.90 Å². The molecule has 5 heteroatoms. The van der Waals surface area contributed by atoms with Gasteiger partial charge in [0.05, 0.1) is 16.3 Å². The van der Waals surface area contributed by atoms with Gasteiger partial charge in [-0.2, -0.15) is 0 Å². The predicted octanol–water partition coefficient (Wildman–Crippen LogP) is 2.19. The first-order valence-corrected chi connectivity index (χ1v) is 8.93. The second kappa shape index (κ2) is 6.14. The van der Waals surface area contributed by atoms with Crippen molar-refractivity contribution in [1.82, 2.24) is 0 Å². The second-order valence-corrected chi connectivity index (χ2v) is 7.74. The summed E-state index contributed by atoms with van der Waals surface area (Å²) in [4.78, 5) is 2.48. The predicted molar refractivity (Wildman–Crippen MR) is 82.8 cm³/mol. The Kier molecular flexibility index (Phi) is 4.70. The average molecular weight is 296 g/mol. The summed E-state index contributed by atoms with van der Waals surface area (Å²) < 4.78 is 24.5. The maximum atomic E-state index is 12.2. The highest BCUT2D eigenvalue weighted by Crippen LogP contribution is 2.30. The smallest absolute Gasteiger partial charge is 0.180 e. The first-order chi connectivity index (χ1) is 9.47. The molecule has 4 nitrogen and oxygen atoms in total. The lowest BCUT2D eigenvalue weighted by Gasteiger charge is -2.38. The molecule has 112 valence electrons. The molecule has 1 aliphatic rings. The van der Waals surface area contributed by atoms with Gasteiger partial charge >= 0.3 is 0 Å². The molecule has 0 aromatic heterocycles. The second-order valence-electron chi connectivity index (χ2n) is 5.50. The van der Waals surface area contributed by atoms with Crippen LogP contribution < -0.4 is 10.6 Å². The lowest BCUT2D eigenvalue weighted by Crippen LogP contribution is -2.48. The molecule has 2 atom stereocenters. The zero-order valence-electron chi connectivity index (χ0n) is 12.2. The van der Waals surface area contributed by atoms with Crippen LogP contribution in [0.25, 0.3) is 0 Å². The van der Waals surface area contributed by atoms with E-state index in [2.05, 4.69) is 4.90 Å². The van der Waals surface area contributed by atoms with E-state index in [1.165, 1.54) is 6.42 Å². The van der Waals surface area contributed by atoms with E-state index in [-0.39, 0.29) is 17.8 Å². The summed E-state index contributed by atoms with van der Waals surface area (Å²) in [7, 11) is -1.25. The molecule has 0 spiro atoms. The van der Waals surface area contributed by atoms with Crippen molar-refractivity contribution in [3.8, 4) is 0 Å². The molecule has 0 radical (unpaired) electrons. The fourth-order valence-electron chi connectivity index (χ4n) is 2.97. The zero-order chi connectivity index (χ0) is 14.8. The molecule has 1 fully saturated rings. The maximum Gasteiger partial charge on any atom is 0.180 e. The van der Waals surface area contributed by atoms with Crippen LogP contribution in [0.1, 0.15) is 32.6 Å². The number of para-hydroxylation sites is 1. The van der Waals surface area contributed by atoms with Crippen LogP contribution in [0, 0.1) is 0 Å². The first-order valence-electron chi connectivity index (χ1n) is 7.27. The number of hydrogen-bond acceptors (Lipinski definition) is 4. The van der Waals surface area contributed by atoms with Crippen LogP contribution in [0.3, 0.4) is 0 Å². The average Bonchev–Trinajstić information content (AvgIpc) is 2.47. The van der Waals surface area contributed by atoms with Gasteiger partial charge in [0.15, 0.2) is 9.84 Å². The molecule has 0 aliphatic heterocycles. The number of nitrogens with zero attached hydrogens (tertiary/aromatic N) is 1. The summed E-state index contributed by atoms with van der Waals surface area (Å²) in [5.74, 6) is 0.120. The molecule has 1 aromatic carbocycles. The Morgan fingerprint density at radius 3 is 2.55 bits per heavy atom. The summed E-state index contributed by atoms with van der Waals surface area (Å²) in [5, 5.41) is 0. The number of nitrogens with two attached hydrogens (primary N) is 1. The molecular weight excluding hydrogens is 272 g/mol. The van der Waals surface area contributed by atoms with Gasteiger partial charge in [-0.05, 0) is 25.0 Å². The van der Waals surface area contributed by atoms with Gasteiger partial charge in [-0.3, -0.25) is 0 Å². The van der Waals surface area contributed by atoms with E-state index in [4.69, 9.17) is 5.73 Å². The van der Waals surface area contributed by atoms with Crippen molar-refractivity contribution in [3.05, 3.63) is 24.3 Å². The van der Waals surface area contributed by atoms with E-state index in [0.717, 1.165) is 24.9 Å². The molecule has 1 aliphatic carbocycles. The van der Waals surface area contributed by atoms with Gasteiger partial charge in [0, 0.05) is 19.1 Å². The Balaban J connectivity index is 2.37. The topological polar surface area (TPSA) is 63.4 Å². The van der Waals surface area contributed by atoms with E-state index in [1.54, 1.807) is 19.1 Å². The summed E-state index contributed by atoms with van der Waals surface area (Å²) in [6.07, 6.45) is 4.36. The molecule has 0 heterocycles. The Morgan fingerprint density at radius 2 is 1.90 bits per heavy atom. The number of anilines is 1. The van der Waals surface area contributed by atoms with Crippen LogP contribution in [0.15, 0.2) is 29.2 Å². The maximum absolute atomic E-state index is 12.2. The Labute approximate surface area is 121 Å². The van der Waals surface area contributed by atoms with Crippen LogP contribution >= 0.6 is 0 Å². The zero-order valence-corrected chi connectivity index (χ0v) is 13.1. The lowest BCUT2D eigenvalue weighted by atomic mass is 9.90. The molecule has 0 amide bonds. The third kappa shape index (κ3) is 2.99. The van der Waals surface area contributed by atoms with Gasteiger partial charge in [-0.25, -0.2) is 8.42 Å². The highest BCUT2D eigenvalue weighted by molar-refractivity contribution is 7.91.